The molecule has 0 radical (unpaired) electrons. The van der Waals surface area contributed by atoms with Crippen molar-refractivity contribution in [3.8, 4) is 5.75 Å². The SMILES string of the molecule is NC1CC(c2ccccc2F)Oc2cc(F)ccc21. The molecule has 2 unspecified atom stereocenters. The molecule has 2 N–H and O–H groups in total. The van der Waals surface area contributed by atoms with E-state index in [1.165, 1.54) is 18.2 Å². The summed E-state index contributed by atoms with van der Waals surface area (Å²) < 4.78 is 32.7. The van der Waals surface area contributed by atoms with Crippen LogP contribution in [0.1, 0.15) is 29.7 Å². The molecule has 2 atom stereocenters. The Morgan fingerprint density at radius 1 is 1.05 bits per heavy atom. The summed E-state index contributed by atoms with van der Waals surface area (Å²) in [7, 11) is 0. The van der Waals surface area contributed by atoms with Gasteiger partial charge >= 0.3 is 0 Å². The van der Waals surface area contributed by atoms with Crippen molar-refractivity contribution in [2.75, 3.05) is 0 Å². The van der Waals surface area contributed by atoms with Gasteiger partial charge in [-0.1, -0.05) is 24.3 Å². The van der Waals surface area contributed by atoms with Gasteiger partial charge in [-0.2, -0.15) is 0 Å². The van der Waals surface area contributed by atoms with E-state index in [0.717, 1.165) is 5.56 Å². The van der Waals surface area contributed by atoms with Gasteiger partial charge in [0.05, 0.1) is 0 Å². The van der Waals surface area contributed by atoms with Gasteiger partial charge in [-0.25, -0.2) is 8.78 Å². The first-order valence-electron chi connectivity index (χ1n) is 6.11. The zero-order valence-corrected chi connectivity index (χ0v) is 10.1. The van der Waals surface area contributed by atoms with Crippen LogP contribution in [-0.4, -0.2) is 0 Å². The molecule has 0 saturated carbocycles. The van der Waals surface area contributed by atoms with E-state index in [0.29, 0.717) is 17.7 Å². The average molecular weight is 261 g/mol. The van der Waals surface area contributed by atoms with E-state index >= 15 is 0 Å². The zero-order chi connectivity index (χ0) is 13.4. The number of halogens is 2. The van der Waals surface area contributed by atoms with Crippen LogP contribution in [-0.2, 0) is 0 Å². The van der Waals surface area contributed by atoms with E-state index in [9.17, 15) is 8.78 Å². The molecule has 0 spiro atoms. The first-order valence-corrected chi connectivity index (χ1v) is 6.11. The van der Waals surface area contributed by atoms with Crippen molar-refractivity contribution in [2.45, 2.75) is 18.6 Å². The number of ether oxygens (including phenoxy) is 1. The first-order chi connectivity index (χ1) is 9.15. The van der Waals surface area contributed by atoms with E-state index in [1.807, 2.05) is 0 Å². The maximum Gasteiger partial charge on any atom is 0.130 e. The van der Waals surface area contributed by atoms with Gasteiger partial charge in [0.15, 0.2) is 0 Å². The number of hydrogen-bond donors (Lipinski definition) is 1. The lowest BCUT2D eigenvalue weighted by molar-refractivity contribution is 0.156. The van der Waals surface area contributed by atoms with E-state index in [1.54, 1.807) is 24.3 Å². The third kappa shape index (κ3) is 2.19. The Hall–Kier alpha value is -1.94. The van der Waals surface area contributed by atoms with Crippen molar-refractivity contribution >= 4 is 0 Å². The molecule has 0 saturated heterocycles. The van der Waals surface area contributed by atoms with Crippen LogP contribution >= 0.6 is 0 Å². The van der Waals surface area contributed by atoms with Crippen LogP contribution in [0.2, 0.25) is 0 Å². The molecular weight excluding hydrogens is 248 g/mol. The predicted molar refractivity (Wildman–Crippen MR) is 67.7 cm³/mol. The van der Waals surface area contributed by atoms with Crippen LogP contribution in [0.15, 0.2) is 42.5 Å². The molecule has 4 heteroatoms. The minimum absolute atomic E-state index is 0.283. The summed E-state index contributed by atoms with van der Waals surface area (Å²) in [6.07, 6.45) is -0.00923. The Kier molecular flexibility index (Phi) is 2.95. The van der Waals surface area contributed by atoms with Crippen molar-refractivity contribution in [2.24, 2.45) is 5.73 Å². The van der Waals surface area contributed by atoms with Gasteiger partial charge in [-0.3, -0.25) is 0 Å². The van der Waals surface area contributed by atoms with Crippen molar-refractivity contribution in [1.29, 1.82) is 0 Å². The summed E-state index contributed by atoms with van der Waals surface area (Å²) in [5, 5.41) is 0. The zero-order valence-electron chi connectivity index (χ0n) is 10.1. The number of rotatable bonds is 1. The lowest BCUT2D eigenvalue weighted by atomic mass is 9.93. The lowest BCUT2D eigenvalue weighted by Gasteiger charge is -2.30. The summed E-state index contributed by atoms with van der Waals surface area (Å²) in [4.78, 5) is 0. The van der Waals surface area contributed by atoms with E-state index in [4.69, 9.17) is 10.5 Å². The Bertz CT molecular complexity index is 615. The third-order valence-electron chi connectivity index (χ3n) is 3.36. The quantitative estimate of drug-likeness (QED) is 0.852. The van der Waals surface area contributed by atoms with Crippen LogP contribution in [0.5, 0.6) is 5.75 Å². The average Bonchev–Trinajstić information content (AvgIpc) is 2.38. The van der Waals surface area contributed by atoms with Gasteiger partial charge in [-0.05, 0) is 12.1 Å². The van der Waals surface area contributed by atoms with Gasteiger partial charge in [0, 0.05) is 29.7 Å². The molecule has 19 heavy (non-hydrogen) atoms. The van der Waals surface area contributed by atoms with Crippen molar-refractivity contribution in [3.63, 3.8) is 0 Å². The number of nitrogens with two attached hydrogens (primary N) is 1. The molecule has 2 aromatic rings. The van der Waals surface area contributed by atoms with E-state index < -0.39 is 6.10 Å². The fourth-order valence-corrected chi connectivity index (χ4v) is 2.40. The van der Waals surface area contributed by atoms with Gasteiger partial charge in [0.2, 0.25) is 0 Å². The molecule has 98 valence electrons. The summed E-state index contributed by atoms with van der Waals surface area (Å²) in [6, 6.07) is 10.4. The first kappa shape index (κ1) is 12.1. The molecule has 3 rings (SSSR count). The van der Waals surface area contributed by atoms with Gasteiger partial charge in [0.25, 0.3) is 0 Å². The molecule has 0 amide bonds. The molecule has 0 bridgehead atoms. The van der Waals surface area contributed by atoms with Crippen molar-refractivity contribution in [3.05, 3.63) is 65.2 Å². The van der Waals surface area contributed by atoms with Crippen LogP contribution in [0.4, 0.5) is 8.78 Å². The fourth-order valence-electron chi connectivity index (χ4n) is 2.40. The molecule has 0 aliphatic carbocycles. The number of hydrogen-bond acceptors (Lipinski definition) is 2. The molecule has 2 nitrogen and oxygen atoms in total. The van der Waals surface area contributed by atoms with Crippen molar-refractivity contribution in [1.82, 2.24) is 0 Å². The normalized spacial score (nSPS) is 21.6. The maximum absolute atomic E-state index is 13.8. The Balaban J connectivity index is 1.99. The Morgan fingerprint density at radius 2 is 1.84 bits per heavy atom. The van der Waals surface area contributed by atoms with Crippen LogP contribution in [0.3, 0.4) is 0 Å². The second-order valence-electron chi connectivity index (χ2n) is 4.65. The van der Waals surface area contributed by atoms with Gasteiger partial charge in [-0.15, -0.1) is 0 Å². The van der Waals surface area contributed by atoms with Gasteiger partial charge in [0.1, 0.15) is 23.5 Å². The monoisotopic (exact) mass is 261 g/mol. The largest absolute Gasteiger partial charge is 0.485 e. The van der Waals surface area contributed by atoms with E-state index in [-0.39, 0.29) is 17.7 Å². The summed E-state index contributed by atoms with van der Waals surface area (Å²) in [6.45, 7) is 0. The summed E-state index contributed by atoms with van der Waals surface area (Å²) in [5.41, 5.74) is 7.26. The minimum Gasteiger partial charge on any atom is -0.485 e. The smallest absolute Gasteiger partial charge is 0.130 e. The third-order valence-corrected chi connectivity index (χ3v) is 3.36. The highest BCUT2D eigenvalue weighted by Crippen LogP contribution is 2.40. The topological polar surface area (TPSA) is 35.2 Å². The predicted octanol–water partition coefficient (Wildman–Crippen LogP) is 3.49. The molecule has 0 aromatic heterocycles. The minimum atomic E-state index is -0.481. The molecule has 0 fully saturated rings. The highest BCUT2D eigenvalue weighted by molar-refractivity contribution is 5.39. The molecule has 1 aliphatic rings. The summed E-state index contributed by atoms with van der Waals surface area (Å²) >= 11 is 0. The highest BCUT2D eigenvalue weighted by atomic mass is 19.1. The Labute approximate surface area is 109 Å². The van der Waals surface area contributed by atoms with Crippen LogP contribution < -0.4 is 10.5 Å². The second kappa shape index (κ2) is 4.63. The lowest BCUT2D eigenvalue weighted by Crippen LogP contribution is -2.24. The van der Waals surface area contributed by atoms with Crippen LogP contribution in [0, 0.1) is 11.6 Å². The number of benzene rings is 2. The van der Waals surface area contributed by atoms with Gasteiger partial charge < -0.3 is 10.5 Å². The standard InChI is InChI=1S/C15H13F2NO/c16-9-5-6-11-13(18)8-15(19-14(11)7-9)10-3-1-2-4-12(10)17/h1-7,13,15H,8,18H2. The van der Waals surface area contributed by atoms with Crippen LogP contribution in [0.25, 0.3) is 0 Å². The summed E-state index contributed by atoms with van der Waals surface area (Å²) in [5.74, 6) is -0.327. The second-order valence-corrected chi connectivity index (χ2v) is 4.65. The fraction of sp³-hybridized carbons (Fsp3) is 0.200. The van der Waals surface area contributed by atoms with Crippen molar-refractivity contribution < 1.29 is 13.5 Å². The number of fused-ring (bicyclic) bond motifs is 1. The molecule has 1 heterocycles. The molecule has 1 aliphatic heterocycles. The van der Waals surface area contributed by atoms with E-state index in [2.05, 4.69) is 0 Å². The molecule has 2 aromatic carbocycles. The highest BCUT2D eigenvalue weighted by Gasteiger charge is 2.28. The Morgan fingerprint density at radius 3 is 2.63 bits per heavy atom. The molecular formula is C15H13F2NO. The maximum atomic E-state index is 13.8.